The molecule has 0 unspecified atom stereocenters. The van der Waals surface area contributed by atoms with Gasteiger partial charge in [0, 0.05) is 17.5 Å². The number of anilines is 2. The Hall–Kier alpha value is -1.32. The van der Waals surface area contributed by atoms with E-state index >= 15 is 0 Å². The summed E-state index contributed by atoms with van der Waals surface area (Å²) in [6, 6.07) is 0. The fourth-order valence-corrected chi connectivity index (χ4v) is 3.08. The molecule has 1 aliphatic carbocycles. The Morgan fingerprint density at radius 1 is 1.10 bits per heavy atom. The Labute approximate surface area is 128 Å². The molecular weight excluding hydrogens is 260 g/mol. The minimum Gasteiger partial charge on any atom is -0.383 e. The number of nitrogen functional groups attached to an aromatic ring is 1. The van der Waals surface area contributed by atoms with Crippen molar-refractivity contribution in [2.24, 2.45) is 16.7 Å². The summed E-state index contributed by atoms with van der Waals surface area (Å²) in [5.74, 6) is 2.90. The van der Waals surface area contributed by atoms with Crippen LogP contribution in [0.3, 0.4) is 0 Å². The number of nitrogens with zero attached hydrogens (tertiary/aromatic N) is 2. The lowest BCUT2D eigenvalue weighted by molar-refractivity contribution is 0.457. The summed E-state index contributed by atoms with van der Waals surface area (Å²) in [6.07, 6.45) is 0. The Morgan fingerprint density at radius 3 is 2.05 bits per heavy atom. The van der Waals surface area contributed by atoms with Crippen molar-refractivity contribution in [3.8, 4) is 0 Å². The molecule has 1 aliphatic rings. The monoisotopic (exact) mass is 290 g/mol. The molecule has 0 bridgehead atoms. The van der Waals surface area contributed by atoms with Crippen LogP contribution in [0.1, 0.15) is 59.9 Å². The predicted octanol–water partition coefficient (Wildman–Crippen LogP) is 3.76. The molecule has 0 aromatic carbocycles. The zero-order valence-electron chi connectivity index (χ0n) is 14.8. The van der Waals surface area contributed by atoms with E-state index in [1.54, 1.807) is 0 Å². The Morgan fingerprint density at radius 2 is 1.62 bits per heavy atom. The van der Waals surface area contributed by atoms with Crippen molar-refractivity contribution in [3.05, 3.63) is 11.4 Å². The standard InChI is InChI=1S/C17H30N4/c1-10-12(18)20-14(15(2,3)4)21-13(10)19-9-11-16(5,6)17(11,7)8/h11H,9H2,1-8H3,(H3,18,19,20,21). The number of hydrogen-bond donors (Lipinski definition) is 2. The van der Waals surface area contributed by atoms with Crippen LogP contribution in [0.2, 0.25) is 0 Å². The van der Waals surface area contributed by atoms with Crippen LogP contribution < -0.4 is 11.1 Å². The third-order valence-electron chi connectivity index (χ3n) is 5.65. The molecule has 0 saturated heterocycles. The molecule has 2 rings (SSSR count). The van der Waals surface area contributed by atoms with Crippen LogP contribution in [0, 0.1) is 23.7 Å². The normalized spacial score (nSPS) is 20.4. The minimum atomic E-state index is -0.101. The predicted molar refractivity (Wildman–Crippen MR) is 89.4 cm³/mol. The van der Waals surface area contributed by atoms with Crippen molar-refractivity contribution in [2.45, 2.75) is 60.8 Å². The highest BCUT2D eigenvalue weighted by Gasteiger charge is 2.64. The summed E-state index contributed by atoms with van der Waals surface area (Å²) >= 11 is 0. The first-order chi connectivity index (χ1) is 9.39. The molecule has 21 heavy (non-hydrogen) atoms. The van der Waals surface area contributed by atoms with Crippen molar-refractivity contribution >= 4 is 11.6 Å². The van der Waals surface area contributed by atoms with Crippen LogP contribution in [0.4, 0.5) is 11.6 Å². The van der Waals surface area contributed by atoms with Gasteiger partial charge in [-0.1, -0.05) is 48.5 Å². The van der Waals surface area contributed by atoms with Gasteiger partial charge < -0.3 is 11.1 Å². The lowest BCUT2D eigenvalue weighted by atomic mass is 9.95. The zero-order chi connectivity index (χ0) is 16.2. The molecule has 4 nitrogen and oxygen atoms in total. The molecule has 0 atom stereocenters. The molecule has 1 aromatic heterocycles. The van der Waals surface area contributed by atoms with Crippen LogP contribution in [-0.4, -0.2) is 16.5 Å². The number of nitrogens with two attached hydrogens (primary N) is 1. The number of rotatable bonds is 3. The highest BCUT2D eigenvalue weighted by molar-refractivity contribution is 5.55. The fourth-order valence-electron chi connectivity index (χ4n) is 3.08. The van der Waals surface area contributed by atoms with E-state index in [-0.39, 0.29) is 5.41 Å². The van der Waals surface area contributed by atoms with Crippen LogP contribution in [0.25, 0.3) is 0 Å². The summed E-state index contributed by atoms with van der Waals surface area (Å²) in [6.45, 7) is 18.6. The zero-order valence-corrected chi connectivity index (χ0v) is 14.8. The van der Waals surface area contributed by atoms with E-state index in [2.05, 4.69) is 58.8 Å². The molecule has 0 radical (unpaired) electrons. The van der Waals surface area contributed by atoms with Crippen molar-refractivity contribution in [2.75, 3.05) is 17.6 Å². The van der Waals surface area contributed by atoms with Gasteiger partial charge >= 0.3 is 0 Å². The number of hydrogen-bond acceptors (Lipinski definition) is 4. The topological polar surface area (TPSA) is 63.8 Å². The van der Waals surface area contributed by atoms with Crippen LogP contribution >= 0.6 is 0 Å². The van der Waals surface area contributed by atoms with Gasteiger partial charge in [-0.3, -0.25) is 0 Å². The second kappa shape index (κ2) is 4.59. The van der Waals surface area contributed by atoms with E-state index < -0.39 is 0 Å². The van der Waals surface area contributed by atoms with Gasteiger partial charge in [-0.05, 0) is 23.7 Å². The minimum absolute atomic E-state index is 0.101. The van der Waals surface area contributed by atoms with Gasteiger partial charge in [0.05, 0.1) is 0 Å². The SMILES string of the molecule is Cc1c(N)nc(C(C)(C)C)nc1NCC1C(C)(C)C1(C)C. The highest BCUT2D eigenvalue weighted by atomic mass is 15.1. The Kier molecular flexibility index (Phi) is 3.51. The summed E-state index contributed by atoms with van der Waals surface area (Å²) in [7, 11) is 0. The molecule has 1 aromatic rings. The van der Waals surface area contributed by atoms with E-state index in [0.717, 1.165) is 23.8 Å². The quantitative estimate of drug-likeness (QED) is 0.889. The van der Waals surface area contributed by atoms with Crippen molar-refractivity contribution < 1.29 is 0 Å². The average Bonchev–Trinajstić information content (AvgIpc) is 2.70. The molecular formula is C17H30N4. The summed E-state index contributed by atoms with van der Waals surface area (Å²) in [5, 5.41) is 3.51. The van der Waals surface area contributed by atoms with Gasteiger partial charge in [-0.25, -0.2) is 9.97 Å². The third kappa shape index (κ3) is 2.60. The van der Waals surface area contributed by atoms with Crippen LogP contribution in [0.5, 0.6) is 0 Å². The summed E-state index contributed by atoms with van der Waals surface area (Å²) in [5.41, 5.74) is 7.65. The molecule has 0 amide bonds. The molecule has 3 N–H and O–H groups in total. The van der Waals surface area contributed by atoms with Crippen LogP contribution in [-0.2, 0) is 5.41 Å². The summed E-state index contributed by atoms with van der Waals surface area (Å²) in [4.78, 5) is 9.13. The van der Waals surface area contributed by atoms with Gasteiger partial charge in [0.1, 0.15) is 17.5 Å². The maximum atomic E-state index is 6.06. The average molecular weight is 290 g/mol. The molecule has 0 aliphatic heterocycles. The van der Waals surface area contributed by atoms with E-state index in [9.17, 15) is 0 Å². The van der Waals surface area contributed by atoms with Crippen molar-refractivity contribution in [3.63, 3.8) is 0 Å². The van der Waals surface area contributed by atoms with Gasteiger partial charge in [-0.15, -0.1) is 0 Å². The van der Waals surface area contributed by atoms with Gasteiger partial charge in [0.2, 0.25) is 0 Å². The van der Waals surface area contributed by atoms with Gasteiger partial charge in [0.15, 0.2) is 0 Å². The van der Waals surface area contributed by atoms with Crippen molar-refractivity contribution in [1.29, 1.82) is 0 Å². The first kappa shape index (κ1) is 16.1. The Bertz CT molecular complexity index is 539. The number of aromatic nitrogens is 2. The largest absolute Gasteiger partial charge is 0.383 e. The number of nitrogens with one attached hydrogen (secondary N) is 1. The second-order valence-corrected chi connectivity index (χ2v) is 8.53. The molecule has 0 spiro atoms. The van der Waals surface area contributed by atoms with E-state index in [1.165, 1.54) is 0 Å². The lowest BCUT2D eigenvalue weighted by Gasteiger charge is -2.20. The smallest absolute Gasteiger partial charge is 0.138 e. The van der Waals surface area contributed by atoms with E-state index in [4.69, 9.17) is 10.7 Å². The fraction of sp³-hybridized carbons (Fsp3) is 0.765. The van der Waals surface area contributed by atoms with Gasteiger partial charge in [-0.2, -0.15) is 0 Å². The van der Waals surface area contributed by atoms with E-state index in [0.29, 0.717) is 22.6 Å². The maximum absolute atomic E-state index is 6.06. The lowest BCUT2D eigenvalue weighted by Crippen LogP contribution is -2.20. The molecule has 118 valence electrons. The first-order valence-electron chi connectivity index (χ1n) is 7.77. The summed E-state index contributed by atoms with van der Waals surface area (Å²) < 4.78 is 0. The second-order valence-electron chi connectivity index (χ2n) is 8.53. The van der Waals surface area contributed by atoms with E-state index in [1.807, 2.05) is 6.92 Å². The first-order valence-corrected chi connectivity index (χ1v) is 7.77. The Balaban J connectivity index is 2.20. The molecule has 1 saturated carbocycles. The van der Waals surface area contributed by atoms with Crippen molar-refractivity contribution in [1.82, 2.24) is 9.97 Å². The molecule has 1 heterocycles. The van der Waals surface area contributed by atoms with Gasteiger partial charge in [0.25, 0.3) is 0 Å². The maximum Gasteiger partial charge on any atom is 0.138 e. The molecule has 4 heteroatoms. The molecule has 1 fully saturated rings. The highest BCUT2D eigenvalue weighted by Crippen LogP contribution is 2.68. The van der Waals surface area contributed by atoms with Crippen LogP contribution in [0.15, 0.2) is 0 Å². The third-order valence-corrected chi connectivity index (χ3v) is 5.65.